The molecule has 1 atom stereocenters. The van der Waals surface area contributed by atoms with Crippen molar-refractivity contribution in [1.82, 2.24) is 9.88 Å². The van der Waals surface area contributed by atoms with E-state index in [-0.39, 0.29) is 18.9 Å². The number of amides is 1. The van der Waals surface area contributed by atoms with Crippen LogP contribution < -0.4 is 4.74 Å². The molecular formula is C18H21BrN2O6. The van der Waals surface area contributed by atoms with Gasteiger partial charge in [-0.25, -0.2) is 4.98 Å². The average molecular weight is 441 g/mol. The Kier molecular flexibility index (Phi) is 5.41. The van der Waals surface area contributed by atoms with Crippen molar-refractivity contribution in [3.8, 4) is 5.88 Å². The van der Waals surface area contributed by atoms with Crippen LogP contribution in [0.15, 0.2) is 4.60 Å². The minimum atomic E-state index is -1.41. The summed E-state index contributed by atoms with van der Waals surface area (Å²) in [5.74, 6) is -0.838. The van der Waals surface area contributed by atoms with Crippen LogP contribution in [0.5, 0.6) is 5.88 Å². The van der Waals surface area contributed by atoms with E-state index in [1.54, 1.807) is 4.90 Å². The number of esters is 2. The predicted octanol–water partition coefficient (Wildman–Crippen LogP) is 1.19. The first-order valence-electron chi connectivity index (χ1n) is 8.56. The fraction of sp³-hybridized carbons (Fsp3) is 0.556. The zero-order chi connectivity index (χ0) is 19.8. The second-order valence-corrected chi connectivity index (χ2v) is 7.56. The van der Waals surface area contributed by atoms with Crippen molar-refractivity contribution in [2.75, 3.05) is 27.4 Å². The summed E-state index contributed by atoms with van der Waals surface area (Å²) < 4.78 is 16.1. The number of rotatable bonds is 6. The maximum absolute atomic E-state index is 12.4. The Morgan fingerprint density at radius 2 is 1.89 bits per heavy atom. The molecule has 0 radical (unpaired) electrons. The van der Waals surface area contributed by atoms with Crippen LogP contribution in [-0.2, 0) is 36.7 Å². The van der Waals surface area contributed by atoms with E-state index in [0.717, 1.165) is 36.1 Å². The normalized spacial score (nSPS) is 19.7. The highest BCUT2D eigenvalue weighted by Gasteiger charge is 2.54. The van der Waals surface area contributed by atoms with Crippen molar-refractivity contribution in [1.29, 1.82) is 0 Å². The van der Waals surface area contributed by atoms with Crippen LogP contribution in [0.3, 0.4) is 0 Å². The average Bonchev–Trinajstić information content (AvgIpc) is 3.06. The third-order valence-electron chi connectivity index (χ3n) is 5.43. The summed E-state index contributed by atoms with van der Waals surface area (Å²) in [4.78, 5) is 41.9. The van der Waals surface area contributed by atoms with E-state index in [4.69, 9.17) is 14.2 Å². The zero-order valence-electron chi connectivity index (χ0n) is 15.4. The standard InChI is InChI=1S/C18H21BrN2O6/c1-10-12-6-18(16(23)25-2,17(24)26-3)7-13(12)14(19)20-15(10)27-8-11-4-5-21(11)9-22/h9,11H,4-8H2,1-3H3/t11-/m0/s1. The molecule has 0 aromatic carbocycles. The SMILES string of the molecule is COC(=O)C1(C(=O)OC)Cc2c(Br)nc(OC[C@@H]3CCN3C=O)c(C)c2C1. The minimum absolute atomic E-state index is 0.0416. The fourth-order valence-electron chi connectivity index (χ4n) is 3.66. The highest BCUT2D eigenvalue weighted by Crippen LogP contribution is 2.44. The number of pyridine rings is 1. The maximum Gasteiger partial charge on any atom is 0.323 e. The van der Waals surface area contributed by atoms with Gasteiger partial charge in [0.15, 0.2) is 5.41 Å². The van der Waals surface area contributed by atoms with Gasteiger partial charge in [-0.1, -0.05) is 0 Å². The van der Waals surface area contributed by atoms with Crippen LogP contribution in [-0.4, -0.2) is 61.6 Å². The Labute approximate surface area is 165 Å². The monoisotopic (exact) mass is 440 g/mol. The fourth-order valence-corrected chi connectivity index (χ4v) is 4.20. The van der Waals surface area contributed by atoms with Gasteiger partial charge in [-0.2, -0.15) is 0 Å². The molecule has 1 aliphatic heterocycles. The summed E-state index contributed by atoms with van der Waals surface area (Å²) in [5.41, 5.74) is 0.944. The number of carbonyl (C=O) groups excluding carboxylic acids is 3. The molecule has 8 nitrogen and oxygen atoms in total. The summed E-state index contributed by atoms with van der Waals surface area (Å²) in [6.07, 6.45) is 2.02. The predicted molar refractivity (Wildman–Crippen MR) is 97.2 cm³/mol. The van der Waals surface area contributed by atoms with Gasteiger partial charge in [0.25, 0.3) is 0 Å². The molecule has 3 rings (SSSR count). The van der Waals surface area contributed by atoms with Crippen molar-refractivity contribution >= 4 is 34.3 Å². The van der Waals surface area contributed by atoms with Gasteiger partial charge in [-0.3, -0.25) is 14.4 Å². The largest absolute Gasteiger partial charge is 0.475 e. The topological polar surface area (TPSA) is 95.0 Å². The van der Waals surface area contributed by atoms with E-state index < -0.39 is 17.4 Å². The summed E-state index contributed by atoms with van der Waals surface area (Å²) in [6, 6.07) is 0.0416. The number of carbonyl (C=O) groups is 3. The van der Waals surface area contributed by atoms with Gasteiger partial charge < -0.3 is 19.1 Å². The molecule has 1 aliphatic carbocycles. The molecule has 0 N–H and O–H groups in total. The second kappa shape index (κ2) is 7.46. The second-order valence-electron chi connectivity index (χ2n) is 6.81. The number of nitrogens with zero attached hydrogens (tertiary/aromatic N) is 2. The molecule has 2 heterocycles. The minimum Gasteiger partial charge on any atom is -0.475 e. The summed E-state index contributed by atoms with van der Waals surface area (Å²) in [7, 11) is 2.50. The van der Waals surface area contributed by atoms with Crippen LogP contribution in [0.4, 0.5) is 0 Å². The van der Waals surface area contributed by atoms with E-state index in [0.29, 0.717) is 17.1 Å². The highest BCUT2D eigenvalue weighted by molar-refractivity contribution is 9.10. The van der Waals surface area contributed by atoms with Crippen molar-refractivity contribution in [2.24, 2.45) is 5.41 Å². The number of fused-ring (bicyclic) bond motifs is 1. The number of methoxy groups -OCH3 is 2. The first-order chi connectivity index (χ1) is 12.9. The molecule has 146 valence electrons. The Morgan fingerprint density at radius 3 is 2.41 bits per heavy atom. The Morgan fingerprint density at radius 1 is 1.26 bits per heavy atom. The number of ether oxygens (including phenoxy) is 3. The molecule has 0 bridgehead atoms. The van der Waals surface area contributed by atoms with Crippen LogP contribution in [0.25, 0.3) is 0 Å². The van der Waals surface area contributed by atoms with E-state index >= 15 is 0 Å². The molecule has 1 aromatic rings. The van der Waals surface area contributed by atoms with Crippen LogP contribution in [0, 0.1) is 12.3 Å². The van der Waals surface area contributed by atoms with Gasteiger partial charge in [0.1, 0.15) is 11.2 Å². The van der Waals surface area contributed by atoms with Gasteiger partial charge in [0, 0.05) is 24.9 Å². The van der Waals surface area contributed by atoms with Crippen molar-refractivity contribution < 1.29 is 28.6 Å². The lowest BCUT2D eigenvalue weighted by molar-refractivity contribution is -0.168. The van der Waals surface area contributed by atoms with Crippen molar-refractivity contribution in [3.05, 3.63) is 21.3 Å². The van der Waals surface area contributed by atoms with E-state index in [2.05, 4.69) is 20.9 Å². The summed E-state index contributed by atoms with van der Waals surface area (Å²) in [5, 5.41) is 0. The molecular weight excluding hydrogens is 420 g/mol. The molecule has 2 aliphatic rings. The highest BCUT2D eigenvalue weighted by atomic mass is 79.9. The molecule has 1 amide bonds. The molecule has 0 unspecified atom stereocenters. The molecule has 0 spiro atoms. The van der Waals surface area contributed by atoms with Gasteiger partial charge in [-0.05, 0) is 40.4 Å². The zero-order valence-corrected chi connectivity index (χ0v) is 17.0. The number of hydrogen-bond acceptors (Lipinski definition) is 7. The van der Waals surface area contributed by atoms with Crippen LogP contribution in [0.2, 0.25) is 0 Å². The lowest BCUT2D eigenvalue weighted by Crippen LogP contribution is -2.49. The Bertz CT molecular complexity index is 781. The number of hydrogen-bond donors (Lipinski definition) is 0. The number of halogens is 1. The van der Waals surface area contributed by atoms with Crippen molar-refractivity contribution in [2.45, 2.75) is 32.2 Å². The maximum atomic E-state index is 12.4. The van der Waals surface area contributed by atoms with E-state index in [1.165, 1.54) is 14.2 Å². The lowest BCUT2D eigenvalue weighted by Gasteiger charge is -2.37. The van der Waals surface area contributed by atoms with Gasteiger partial charge in [0.2, 0.25) is 12.3 Å². The first-order valence-corrected chi connectivity index (χ1v) is 9.35. The first kappa shape index (κ1) is 19.6. The third kappa shape index (κ3) is 3.18. The van der Waals surface area contributed by atoms with Gasteiger partial charge in [-0.15, -0.1) is 0 Å². The molecule has 1 saturated heterocycles. The molecule has 1 fully saturated rings. The molecule has 1 aromatic heterocycles. The smallest absolute Gasteiger partial charge is 0.323 e. The number of likely N-dealkylation sites (tertiary alicyclic amines) is 1. The molecule has 9 heteroatoms. The van der Waals surface area contributed by atoms with Crippen LogP contribution >= 0.6 is 15.9 Å². The van der Waals surface area contributed by atoms with Crippen LogP contribution in [0.1, 0.15) is 23.1 Å². The third-order valence-corrected chi connectivity index (χ3v) is 6.09. The molecule has 27 heavy (non-hydrogen) atoms. The van der Waals surface area contributed by atoms with E-state index in [9.17, 15) is 14.4 Å². The van der Waals surface area contributed by atoms with Gasteiger partial charge in [0.05, 0.1) is 20.3 Å². The summed E-state index contributed by atoms with van der Waals surface area (Å²) in [6.45, 7) is 2.92. The van der Waals surface area contributed by atoms with Crippen molar-refractivity contribution in [3.63, 3.8) is 0 Å². The van der Waals surface area contributed by atoms with Gasteiger partial charge >= 0.3 is 11.9 Å². The van der Waals surface area contributed by atoms with E-state index in [1.807, 2.05) is 6.92 Å². The Hall–Kier alpha value is -2.16. The number of aromatic nitrogens is 1. The Balaban J connectivity index is 1.89. The quantitative estimate of drug-likeness (QED) is 0.283. The molecule has 0 saturated carbocycles. The summed E-state index contributed by atoms with van der Waals surface area (Å²) >= 11 is 3.43. The lowest BCUT2D eigenvalue weighted by atomic mass is 9.84.